The standard InChI is InChI=1S/C11H12BrNO/c1-9(14)13-11-6-2-4-10(8-11)5-3-7-12/h2-6,8H,7H2,1H3,(H,13,14). The second kappa shape index (κ2) is 5.60. The van der Waals surface area contributed by atoms with Gasteiger partial charge in [-0.1, -0.05) is 40.2 Å². The summed E-state index contributed by atoms with van der Waals surface area (Å²) in [5.74, 6) is -0.0494. The number of allylic oxidation sites excluding steroid dienone is 1. The summed E-state index contributed by atoms with van der Waals surface area (Å²) in [5.41, 5.74) is 1.91. The first-order chi connectivity index (χ1) is 6.72. The van der Waals surface area contributed by atoms with Crippen LogP contribution in [0.25, 0.3) is 6.08 Å². The Morgan fingerprint density at radius 1 is 1.57 bits per heavy atom. The van der Waals surface area contributed by atoms with Crippen LogP contribution in [0, 0.1) is 0 Å². The number of hydrogen-bond acceptors (Lipinski definition) is 1. The summed E-state index contributed by atoms with van der Waals surface area (Å²) in [5, 5.41) is 3.57. The Bertz CT molecular complexity index is 347. The molecule has 0 aliphatic carbocycles. The monoisotopic (exact) mass is 253 g/mol. The molecule has 0 aromatic heterocycles. The Kier molecular flexibility index (Phi) is 4.40. The van der Waals surface area contributed by atoms with E-state index in [0.29, 0.717) is 0 Å². The Balaban J connectivity index is 2.78. The number of hydrogen-bond donors (Lipinski definition) is 1. The Hall–Kier alpha value is -1.09. The highest BCUT2D eigenvalue weighted by Gasteiger charge is 1.94. The first kappa shape index (κ1) is 11.0. The number of carbonyl (C=O) groups excluding carboxylic acids is 1. The van der Waals surface area contributed by atoms with Crippen molar-refractivity contribution in [3.8, 4) is 0 Å². The topological polar surface area (TPSA) is 29.1 Å². The molecule has 74 valence electrons. The molecule has 0 saturated carbocycles. The van der Waals surface area contributed by atoms with E-state index in [2.05, 4.69) is 21.2 Å². The van der Waals surface area contributed by atoms with Crippen molar-refractivity contribution in [2.45, 2.75) is 6.92 Å². The van der Waals surface area contributed by atoms with Gasteiger partial charge in [0.25, 0.3) is 0 Å². The molecule has 0 unspecified atom stereocenters. The smallest absolute Gasteiger partial charge is 0.221 e. The van der Waals surface area contributed by atoms with E-state index in [1.807, 2.05) is 36.4 Å². The third-order valence-electron chi connectivity index (χ3n) is 1.61. The van der Waals surface area contributed by atoms with Crippen molar-refractivity contribution < 1.29 is 4.79 Å². The quantitative estimate of drug-likeness (QED) is 0.825. The molecule has 0 atom stereocenters. The molecule has 1 aromatic carbocycles. The summed E-state index contributed by atoms with van der Waals surface area (Å²) in [6, 6.07) is 7.71. The maximum atomic E-state index is 10.8. The molecule has 14 heavy (non-hydrogen) atoms. The second-order valence-corrected chi connectivity index (χ2v) is 3.51. The van der Waals surface area contributed by atoms with Gasteiger partial charge in [-0.3, -0.25) is 4.79 Å². The lowest BCUT2D eigenvalue weighted by atomic mass is 10.2. The SMILES string of the molecule is CC(=O)Nc1cccc(C=CCBr)c1. The number of benzene rings is 1. The van der Waals surface area contributed by atoms with Crippen molar-refractivity contribution in [1.29, 1.82) is 0 Å². The van der Waals surface area contributed by atoms with Gasteiger partial charge in [0, 0.05) is 17.9 Å². The summed E-state index contributed by atoms with van der Waals surface area (Å²) in [4.78, 5) is 10.8. The average Bonchev–Trinajstić information content (AvgIpc) is 2.14. The lowest BCUT2D eigenvalue weighted by Gasteiger charge is -2.02. The van der Waals surface area contributed by atoms with Crippen LogP contribution in [0.4, 0.5) is 5.69 Å². The molecule has 0 radical (unpaired) electrons. The predicted octanol–water partition coefficient (Wildman–Crippen LogP) is 3.05. The van der Waals surface area contributed by atoms with Crippen LogP contribution in [0.15, 0.2) is 30.3 Å². The van der Waals surface area contributed by atoms with Crippen LogP contribution in [-0.2, 0) is 4.79 Å². The molecule has 0 fully saturated rings. The molecule has 1 amide bonds. The Morgan fingerprint density at radius 3 is 3.00 bits per heavy atom. The van der Waals surface area contributed by atoms with Crippen molar-refractivity contribution >= 4 is 33.6 Å². The highest BCUT2D eigenvalue weighted by atomic mass is 79.9. The molecule has 0 aliphatic rings. The van der Waals surface area contributed by atoms with E-state index in [-0.39, 0.29) is 5.91 Å². The average molecular weight is 254 g/mol. The van der Waals surface area contributed by atoms with Crippen molar-refractivity contribution in [2.75, 3.05) is 10.6 Å². The number of rotatable bonds is 3. The van der Waals surface area contributed by atoms with Crippen LogP contribution >= 0.6 is 15.9 Å². The zero-order valence-corrected chi connectivity index (χ0v) is 9.54. The number of amides is 1. The zero-order chi connectivity index (χ0) is 10.4. The molecule has 3 heteroatoms. The minimum atomic E-state index is -0.0494. The molecule has 0 saturated heterocycles. The van der Waals surface area contributed by atoms with Crippen LogP contribution in [0.5, 0.6) is 0 Å². The maximum absolute atomic E-state index is 10.8. The third kappa shape index (κ3) is 3.75. The number of alkyl halides is 1. The molecule has 0 aliphatic heterocycles. The van der Waals surface area contributed by atoms with Gasteiger partial charge in [0.2, 0.25) is 5.91 Å². The normalized spacial score (nSPS) is 10.4. The van der Waals surface area contributed by atoms with Crippen LogP contribution in [0.3, 0.4) is 0 Å². The maximum Gasteiger partial charge on any atom is 0.221 e. The minimum absolute atomic E-state index is 0.0494. The van der Waals surface area contributed by atoms with Crippen LogP contribution in [0.2, 0.25) is 0 Å². The fourth-order valence-electron chi connectivity index (χ4n) is 1.10. The molecule has 2 nitrogen and oxygen atoms in total. The Morgan fingerprint density at radius 2 is 2.36 bits per heavy atom. The lowest BCUT2D eigenvalue weighted by Crippen LogP contribution is -2.05. The summed E-state index contributed by atoms with van der Waals surface area (Å²) in [6.45, 7) is 1.50. The fourth-order valence-corrected chi connectivity index (χ4v) is 1.29. The van der Waals surface area contributed by atoms with Crippen molar-refractivity contribution in [3.63, 3.8) is 0 Å². The molecule has 0 bridgehead atoms. The summed E-state index contributed by atoms with van der Waals surface area (Å²) in [6.07, 6.45) is 4.01. The summed E-state index contributed by atoms with van der Waals surface area (Å²) in [7, 11) is 0. The number of nitrogens with one attached hydrogen (secondary N) is 1. The van der Waals surface area contributed by atoms with Crippen LogP contribution in [-0.4, -0.2) is 11.2 Å². The minimum Gasteiger partial charge on any atom is -0.326 e. The number of anilines is 1. The van der Waals surface area contributed by atoms with E-state index in [0.717, 1.165) is 16.6 Å². The number of halogens is 1. The summed E-state index contributed by atoms with van der Waals surface area (Å²) >= 11 is 3.31. The van der Waals surface area contributed by atoms with Gasteiger partial charge in [0.05, 0.1) is 0 Å². The van der Waals surface area contributed by atoms with Gasteiger partial charge < -0.3 is 5.32 Å². The van der Waals surface area contributed by atoms with Gasteiger partial charge in [-0.25, -0.2) is 0 Å². The largest absolute Gasteiger partial charge is 0.326 e. The van der Waals surface area contributed by atoms with Crippen molar-refractivity contribution in [3.05, 3.63) is 35.9 Å². The second-order valence-electron chi connectivity index (χ2n) is 2.86. The molecule has 1 N–H and O–H groups in total. The predicted molar refractivity (Wildman–Crippen MR) is 63.6 cm³/mol. The highest BCUT2D eigenvalue weighted by Crippen LogP contribution is 2.11. The summed E-state index contributed by atoms with van der Waals surface area (Å²) < 4.78 is 0. The highest BCUT2D eigenvalue weighted by molar-refractivity contribution is 9.09. The Labute approximate surface area is 92.1 Å². The molecule has 1 rings (SSSR count). The first-order valence-corrected chi connectivity index (χ1v) is 5.44. The lowest BCUT2D eigenvalue weighted by molar-refractivity contribution is -0.114. The van der Waals surface area contributed by atoms with Crippen molar-refractivity contribution in [1.82, 2.24) is 0 Å². The third-order valence-corrected chi connectivity index (χ3v) is 1.98. The van der Waals surface area contributed by atoms with Crippen molar-refractivity contribution in [2.24, 2.45) is 0 Å². The van der Waals surface area contributed by atoms with Crippen LogP contribution in [0.1, 0.15) is 12.5 Å². The molecule has 1 aromatic rings. The molecular formula is C11H12BrNO. The zero-order valence-electron chi connectivity index (χ0n) is 7.96. The van der Waals surface area contributed by atoms with Crippen LogP contribution < -0.4 is 5.32 Å². The van der Waals surface area contributed by atoms with E-state index in [4.69, 9.17) is 0 Å². The van der Waals surface area contributed by atoms with E-state index in [1.54, 1.807) is 0 Å². The molecular weight excluding hydrogens is 242 g/mol. The van der Waals surface area contributed by atoms with Gasteiger partial charge in [0.1, 0.15) is 0 Å². The molecule has 0 spiro atoms. The molecule has 0 heterocycles. The van der Waals surface area contributed by atoms with E-state index >= 15 is 0 Å². The number of carbonyl (C=O) groups is 1. The van der Waals surface area contributed by atoms with Gasteiger partial charge in [0.15, 0.2) is 0 Å². The fraction of sp³-hybridized carbons (Fsp3) is 0.182. The van der Waals surface area contributed by atoms with E-state index in [9.17, 15) is 4.79 Å². The van der Waals surface area contributed by atoms with Gasteiger partial charge in [-0.2, -0.15) is 0 Å². The van der Waals surface area contributed by atoms with E-state index < -0.39 is 0 Å². The first-order valence-electron chi connectivity index (χ1n) is 4.32. The van der Waals surface area contributed by atoms with Gasteiger partial charge in [-0.05, 0) is 17.7 Å². The van der Waals surface area contributed by atoms with E-state index in [1.165, 1.54) is 6.92 Å². The van der Waals surface area contributed by atoms with Gasteiger partial charge in [-0.15, -0.1) is 0 Å². The van der Waals surface area contributed by atoms with Gasteiger partial charge >= 0.3 is 0 Å².